The van der Waals surface area contributed by atoms with E-state index < -0.39 is 0 Å². The van der Waals surface area contributed by atoms with Crippen molar-refractivity contribution in [1.82, 2.24) is 0 Å². The van der Waals surface area contributed by atoms with Crippen molar-refractivity contribution < 1.29 is 46.9 Å². The number of rotatable bonds is 4. The molecule has 0 bridgehead atoms. The van der Waals surface area contributed by atoms with Gasteiger partial charge in [-0.3, -0.25) is 0 Å². The Morgan fingerprint density at radius 2 is 1.26 bits per heavy atom. The number of hydrogen-bond acceptors (Lipinski definition) is 7. The van der Waals surface area contributed by atoms with Gasteiger partial charge in [-0.05, 0) is 31.2 Å². The van der Waals surface area contributed by atoms with Crippen LogP contribution in [0.5, 0.6) is 0 Å². The first kappa shape index (κ1) is 33.8. The third-order valence-corrected chi connectivity index (χ3v) is 1.58. The molecule has 8 N–H and O–H groups in total. The topological polar surface area (TPSA) is 142 Å². The molecule has 23 heavy (non-hydrogen) atoms. The summed E-state index contributed by atoms with van der Waals surface area (Å²) < 4.78 is 4.93. The fourth-order valence-electron chi connectivity index (χ4n) is 0.852. The van der Waals surface area contributed by atoms with Gasteiger partial charge in [-0.2, -0.15) is 6.42 Å². The average Bonchev–Trinajstić information content (AvgIpc) is 2.56. The SMILES string of the molecule is CO.CO.CO.Nc1ccc(N)cc1.[CH2-]CCOCC(C)O.[Ti]. The van der Waals surface area contributed by atoms with Crippen LogP contribution in [0.25, 0.3) is 0 Å². The fourth-order valence-corrected chi connectivity index (χ4v) is 0.852. The second-order valence-corrected chi connectivity index (χ2v) is 3.44. The summed E-state index contributed by atoms with van der Waals surface area (Å²) in [5.41, 5.74) is 12.2. The molecule has 1 aromatic rings. The van der Waals surface area contributed by atoms with Crippen molar-refractivity contribution >= 4 is 11.4 Å². The van der Waals surface area contributed by atoms with E-state index in [1.54, 1.807) is 31.2 Å². The number of nitrogens with two attached hydrogens (primary N) is 2. The molecule has 1 atom stereocenters. The number of aliphatic hydroxyl groups is 4. The zero-order valence-corrected chi connectivity index (χ0v) is 16.1. The van der Waals surface area contributed by atoms with E-state index in [2.05, 4.69) is 6.92 Å². The van der Waals surface area contributed by atoms with Crippen LogP contribution in [0.1, 0.15) is 13.3 Å². The van der Waals surface area contributed by atoms with E-state index in [1.165, 1.54) is 0 Å². The molecule has 0 heterocycles. The zero-order valence-electron chi connectivity index (χ0n) is 14.6. The molecule has 0 saturated carbocycles. The van der Waals surface area contributed by atoms with Crippen LogP contribution >= 0.6 is 0 Å². The Labute approximate surface area is 155 Å². The van der Waals surface area contributed by atoms with Crippen molar-refractivity contribution in [3.8, 4) is 0 Å². The van der Waals surface area contributed by atoms with E-state index in [0.717, 1.165) is 39.1 Å². The predicted octanol–water partition coefficient (Wildman–Crippen LogP) is 0.282. The second-order valence-electron chi connectivity index (χ2n) is 3.44. The van der Waals surface area contributed by atoms with Crippen molar-refractivity contribution in [3.05, 3.63) is 31.2 Å². The van der Waals surface area contributed by atoms with Gasteiger partial charge in [0, 0.05) is 61.0 Å². The molecular formula is C15H33N2O5Ti-. The molecule has 1 rings (SSSR count). The molecule has 0 spiro atoms. The van der Waals surface area contributed by atoms with Gasteiger partial charge in [0.2, 0.25) is 0 Å². The second kappa shape index (κ2) is 33.1. The monoisotopic (exact) mass is 369 g/mol. The number of aliphatic hydroxyl groups excluding tert-OH is 4. The molecule has 8 heteroatoms. The van der Waals surface area contributed by atoms with Crippen LogP contribution in [-0.4, -0.2) is 61.1 Å². The van der Waals surface area contributed by atoms with Crippen LogP contribution in [-0.2, 0) is 26.5 Å². The molecule has 0 amide bonds. The molecule has 0 aliphatic heterocycles. The van der Waals surface area contributed by atoms with Gasteiger partial charge in [0.25, 0.3) is 0 Å². The maximum Gasteiger partial charge on any atom is 0.0745 e. The molecule has 0 saturated heterocycles. The molecule has 138 valence electrons. The standard InChI is InChI=1S/C6H8N2.C6H13O2.3CH4O.Ti/c7-5-1-2-6(8)4-3-5;1-3-4-8-5-6(2)7;3*1-2;/h1-4H,7-8H2;6-7H,1,3-5H2,2H3;3*2H,1H3;/q;-1;;;;. The Morgan fingerprint density at radius 3 is 1.48 bits per heavy atom. The minimum absolute atomic E-state index is 0. The van der Waals surface area contributed by atoms with Crippen molar-refractivity contribution in [2.75, 3.05) is 46.0 Å². The normalized spacial score (nSPS) is 8.74. The third kappa shape index (κ3) is 38.8. The van der Waals surface area contributed by atoms with E-state index in [4.69, 9.17) is 36.6 Å². The Hall–Kier alpha value is -0.666. The van der Waals surface area contributed by atoms with Crippen LogP contribution in [0, 0.1) is 6.92 Å². The van der Waals surface area contributed by atoms with Gasteiger partial charge in [-0.25, -0.2) is 0 Å². The molecule has 0 fully saturated rings. The summed E-state index contributed by atoms with van der Waals surface area (Å²) >= 11 is 0. The van der Waals surface area contributed by atoms with Crippen LogP contribution in [0.3, 0.4) is 0 Å². The van der Waals surface area contributed by atoms with Crippen LogP contribution in [0.2, 0.25) is 0 Å². The molecule has 0 aliphatic carbocycles. The average molecular weight is 369 g/mol. The number of benzene rings is 1. The summed E-state index contributed by atoms with van der Waals surface area (Å²) in [6, 6.07) is 7.09. The number of ether oxygens (including phenoxy) is 1. The number of hydrogen-bond donors (Lipinski definition) is 6. The van der Waals surface area contributed by atoms with Gasteiger partial charge in [0.05, 0.1) is 12.7 Å². The van der Waals surface area contributed by atoms with Gasteiger partial charge in [0.15, 0.2) is 0 Å². The number of anilines is 2. The largest absolute Gasteiger partial charge is 0.400 e. The quantitative estimate of drug-likeness (QED) is 0.194. The van der Waals surface area contributed by atoms with Gasteiger partial charge < -0.3 is 43.6 Å². The van der Waals surface area contributed by atoms with Gasteiger partial charge >= 0.3 is 0 Å². The van der Waals surface area contributed by atoms with Crippen molar-refractivity contribution in [2.45, 2.75) is 19.4 Å². The van der Waals surface area contributed by atoms with Gasteiger partial charge in [0.1, 0.15) is 0 Å². The van der Waals surface area contributed by atoms with E-state index in [1.807, 2.05) is 0 Å². The van der Waals surface area contributed by atoms with Gasteiger partial charge in [-0.15, -0.1) is 0 Å². The van der Waals surface area contributed by atoms with E-state index in [9.17, 15) is 0 Å². The third-order valence-electron chi connectivity index (χ3n) is 1.58. The van der Waals surface area contributed by atoms with Crippen LogP contribution in [0.15, 0.2) is 24.3 Å². The summed E-state index contributed by atoms with van der Waals surface area (Å²) in [4.78, 5) is 0. The summed E-state index contributed by atoms with van der Waals surface area (Å²) in [6.07, 6.45) is 0.425. The maximum atomic E-state index is 8.63. The maximum absolute atomic E-state index is 8.63. The summed E-state index contributed by atoms with van der Waals surface area (Å²) in [7, 11) is 3.00. The molecule has 7 nitrogen and oxygen atoms in total. The molecule has 0 radical (unpaired) electrons. The Balaban J connectivity index is -0.0000000686. The molecular weight excluding hydrogens is 336 g/mol. The summed E-state index contributed by atoms with van der Waals surface area (Å²) in [5, 5.41) is 29.6. The molecule has 0 aromatic heterocycles. The Kier molecular flexibility index (Phi) is 48.6. The van der Waals surface area contributed by atoms with E-state index >= 15 is 0 Å². The van der Waals surface area contributed by atoms with Crippen LogP contribution in [0.4, 0.5) is 11.4 Å². The zero-order chi connectivity index (χ0) is 18.4. The van der Waals surface area contributed by atoms with Crippen molar-refractivity contribution in [2.24, 2.45) is 0 Å². The smallest absolute Gasteiger partial charge is 0.0745 e. The van der Waals surface area contributed by atoms with Gasteiger partial charge in [-0.1, -0.05) is 0 Å². The Bertz CT molecular complexity index is 254. The van der Waals surface area contributed by atoms with E-state index in [-0.39, 0.29) is 27.8 Å². The summed E-state index contributed by atoms with van der Waals surface area (Å²) in [5.74, 6) is 0. The predicted molar refractivity (Wildman–Crippen MR) is 92.2 cm³/mol. The number of nitrogen functional groups attached to an aromatic ring is 2. The minimum atomic E-state index is -0.346. The summed E-state index contributed by atoms with van der Waals surface area (Å²) in [6.45, 7) is 6.34. The first-order valence-corrected chi connectivity index (χ1v) is 6.56. The molecule has 1 unspecified atom stereocenters. The minimum Gasteiger partial charge on any atom is -0.400 e. The van der Waals surface area contributed by atoms with Crippen molar-refractivity contribution in [1.29, 1.82) is 0 Å². The first-order chi connectivity index (χ1) is 10.6. The van der Waals surface area contributed by atoms with Crippen molar-refractivity contribution in [3.63, 3.8) is 0 Å². The van der Waals surface area contributed by atoms with E-state index in [0.29, 0.717) is 13.2 Å². The molecule has 0 aliphatic rings. The van der Waals surface area contributed by atoms with Crippen LogP contribution < -0.4 is 11.5 Å². The first-order valence-electron chi connectivity index (χ1n) is 6.56. The Morgan fingerprint density at radius 1 is 0.957 bits per heavy atom. The molecule has 1 aromatic carbocycles. The fraction of sp³-hybridized carbons (Fsp3) is 0.533.